The van der Waals surface area contributed by atoms with Crippen LogP contribution in [0.2, 0.25) is 0 Å². The van der Waals surface area contributed by atoms with Crippen molar-refractivity contribution >= 4 is 17.6 Å². The zero-order chi connectivity index (χ0) is 18.4. The molecule has 0 fully saturated rings. The van der Waals surface area contributed by atoms with Crippen molar-refractivity contribution in [1.29, 1.82) is 0 Å². The van der Waals surface area contributed by atoms with Crippen molar-refractivity contribution in [3.05, 3.63) is 65.2 Å². The first-order valence-electron chi connectivity index (χ1n) is 8.15. The Labute approximate surface area is 147 Å². The molecule has 0 aliphatic heterocycles. The van der Waals surface area contributed by atoms with Crippen LogP contribution in [-0.4, -0.2) is 29.7 Å². The summed E-state index contributed by atoms with van der Waals surface area (Å²) >= 11 is 0. The van der Waals surface area contributed by atoms with Gasteiger partial charge in [-0.2, -0.15) is 0 Å². The second kappa shape index (κ2) is 8.44. The van der Waals surface area contributed by atoms with Crippen LogP contribution in [0.3, 0.4) is 0 Å². The van der Waals surface area contributed by atoms with Crippen LogP contribution in [0.4, 0.5) is 5.69 Å². The molecule has 2 aromatic carbocycles. The fourth-order valence-corrected chi connectivity index (χ4v) is 2.42. The Hall–Kier alpha value is -2.66. The molecule has 2 unspecified atom stereocenters. The van der Waals surface area contributed by atoms with Crippen molar-refractivity contribution in [2.24, 2.45) is 0 Å². The van der Waals surface area contributed by atoms with Crippen molar-refractivity contribution in [2.75, 3.05) is 11.9 Å². The average Bonchev–Trinajstić information content (AvgIpc) is 2.62. The lowest BCUT2D eigenvalue weighted by atomic mass is 9.95. The Morgan fingerprint density at radius 2 is 1.80 bits per heavy atom. The largest absolute Gasteiger partial charge is 0.454 e. The molecule has 5 heteroatoms. The van der Waals surface area contributed by atoms with Gasteiger partial charge in [-0.05, 0) is 36.6 Å². The lowest BCUT2D eigenvalue weighted by Crippen LogP contribution is -2.31. The smallest absolute Gasteiger partial charge is 0.336 e. The second-order valence-corrected chi connectivity index (χ2v) is 6.12. The summed E-state index contributed by atoms with van der Waals surface area (Å²) < 4.78 is 4.95. The van der Waals surface area contributed by atoms with Crippen molar-refractivity contribution in [2.45, 2.75) is 32.8 Å². The number of esters is 1. The fraction of sp³-hybridized carbons (Fsp3) is 0.300. The van der Waals surface area contributed by atoms with E-state index in [9.17, 15) is 14.7 Å². The first-order valence-corrected chi connectivity index (χ1v) is 8.15. The van der Waals surface area contributed by atoms with Crippen molar-refractivity contribution in [3.63, 3.8) is 0 Å². The number of nitrogens with one attached hydrogen (secondary N) is 1. The zero-order valence-electron chi connectivity index (χ0n) is 14.7. The van der Waals surface area contributed by atoms with E-state index in [1.165, 1.54) is 0 Å². The van der Waals surface area contributed by atoms with E-state index in [1.807, 2.05) is 62.4 Å². The van der Waals surface area contributed by atoms with E-state index in [2.05, 4.69) is 5.32 Å². The van der Waals surface area contributed by atoms with Crippen LogP contribution in [0, 0.1) is 13.8 Å². The number of rotatable bonds is 6. The molecule has 132 valence electrons. The van der Waals surface area contributed by atoms with Gasteiger partial charge in [-0.1, -0.05) is 49.4 Å². The SMILES string of the molecule is Cc1ccc(C)c(NC(=O)COC(=O)C(O)C(C)c2ccccc2)c1. The molecule has 2 aromatic rings. The Balaban J connectivity index is 1.88. The third kappa shape index (κ3) is 5.16. The Bertz CT molecular complexity index is 743. The molecule has 0 aromatic heterocycles. The van der Waals surface area contributed by atoms with Crippen LogP contribution < -0.4 is 5.32 Å². The number of anilines is 1. The lowest BCUT2D eigenvalue weighted by Gasteiger charge is -2.18. The van der Waals surface area contributed by atoms with Gasteiger partial charge in [0.1, 0.15) is 0 Å². The summed E-state index contributed by atoms with van der Waals surface area (Å²) in [4.78, 5) is 24.0. The summed E-state index contributed by atoms with van der Waals surface area (Å²) in [7, 11) is 0. The lowest BCUT2D eigenvalue weighted by molar-refractivity contribution is -0.156. The van der Waals surface area contributed by atoms with E-state index >= 15 is 0 Å². The molecule has 0 bridgehead atoms. The summed E-state index contributed by atoms with van der Waals surface area (Å²) in [6.45, 7) is 5.10. The molecule has 0 aliphatic rings. The fourth-order valence-electron chi connectivity index (χ4n) is 2.42. The number of ether oxygens (including phenoxy) is 1. The van der Waals surface area contributed by atoms with E-state index in [4.69, 9.17) is 4.74 Å². The van der Waals surface area contributed by atoms with Crippen LogP contribution in [0.15, 0.2) is 48.5 Å². The van der Waals surface area contributed by atoms with Gasteiger partial charge < -0.3 is 15.2 Å². The quantitative estimate of drug-likeness (QED) is 0.792. The molecule has 25 heavy (non-hydrogen) atoms. The monoisotopic (exact) mass is 341 g/mol. The van der Waals surface area contributed by atoms with Gasteiger partial charge in [0.05, 0.1) is 0 Å². The molecule has 0 saturated heterocycles. The van der Waals surface area contributed by atoms with Gasteiger partial charge in [0.25, 0.3) is 5.91 Å². The van der Waals surface area contributed by atoms with Crippen molar-refractivity contribution in [1.82, 2.24) is 0 Å². The Morgan fingerprint density at radius 1 is 1.12 bits per heavy atom. The third-order valence-corrected chi connectivity index (χ3v) is 4.05. The highest BCUT2D eigenvalue weighted by atomic mass is 16.5. The van der Waals surface area contributed by atoms with Crippen LogP contribution in [-0.2, 0) is 14.3 Å². The number of hydrogen-bond donors (Lipinski definition) is 2. The molecule has 0 radical (unpaired) electrons. The maximum absolute atomic E-state index is 12.0. The predicted octanol–water partition coefficient (Wildman–Crippen LogP) is 2.95. The molecular weight excluding hydrogens is 318 g/mol. The van der Waals surface area contributed by atoms with E-state index < -0.39 is 30.5 Å². The third-order valence-electron chi connectivity index (χ3n) is 4.05. The first-order chi connectivity index (χ1) is 11.9. The summed E-state index contributed by atoms with van der Waals surface area (Å²) in [5.41, 5.74) is 3.44. The summed E-state index contributed by atoms with van der Waals surface area (Å²) in [5, 5.41) is 12.8. The van der Waals surface area contributed by atoms with Gasteiger partial charge in [0, 0.05) is 11.6 Å². The Morgan fingerprint density at radius 3 is 2.48 bits per heavy atom. The van der Waals surface area contributed by atoms with E-state index in [0.29, 0.717) is 5.69 Å². The van der Waals surface area contributed by atoms with Crippen LogP contribution in [0.1, 0.15) is 29.5 Å². The van der Waals surface area contributed by atoms with Crippen molar-refractivity contribution < 1.29 is 19.4 Å². The second-order valence-electron chi connectivity index (χ2n) is 6.12. The Kier molecular flexibility index (Phi) is 6.31. The highest BCUT2D eigenvalue weighted by Crippen LogP contribution is 2.20. The number of benzene rings is 2. The molecule has 0 saturated carbocycles. The molecule has 1 amide bonds. The van der Waals surface area contributed by atoms with Gasteiger partial charge in [-0.25, -0.2) is 4.79 Å². The summed E-state index contributed by atoms with van der Waals surface area (Å²) in [5.74, 6) is -1.68. The number of hydrogen-bond acceptors (Lipinski definition) is 4. The molecule has 5 nitrogen and oxygen atoms in total. The van der Waals surface area contributed by atoms with Gasteiger partial charge >= 0.3 is 5.97 Å². The standard InChI is InChI=1S/C20H23NO4/c1-13-9-10-14(2)17(11-13)21-18(22)12-25-20(24)19(23)15(3)16-7-5-4-6-8-16/h4-11,15,19,23H,12H2,1-3H3,(H,21,22). The van der Waals surface area contributed by atoms with Crippen LogP contribution in [0.5, 0.6) is 0 Å². The first kappa shape index (κ1) is 18.7. The highest BCUT2D eigenvalue weighted by molar-refractivity contribution is 5.93. The molecule has 2 N–H and O–H groups in total. The minimum Gasteiger partial charge on any atom is -0.454 e. The molecular formula is C20H23NO4. The molecule has 0 aliphatic carbocycles. The predicted molar refractivity (Wildman–Crippen MR) is 96.4 cm³/mol. The minimum atomic E-state index is -1.32. The number of aliphatic hydroxyl groups excluding tert-OH is 1. The highest BCUT2D eigenvalue weighted by Gasteiger charge is 2.25. The molecule has 0 heterocycles. The maximum Gasteiger partial charge on any atom is 0.336 e. The number of aliphatic hydroxyl groups is 1. The van der Waals surface area contributed by atoms with E-state index in [1.54, 1.807) is 6.92 Å². The van der Waals surface area contributed by atoms with Gasteiger partial charge in [0.2, 0.25) is 0 Å². The minimum absolute atomic E-state index is 0.421. The molecule has 2 atom stereocenters. The number of carbonyl (C=O) groups excluding carboxylic acids is 2. The summed E-state index contributed by atoms with van der Waals surface area (Å²) in [6, 6.07) is 14.9. The normalized spacial score (nSPS) is 13.0. The number of aryl methyl sites for hydroxylation is 2. The molecule has 0 spiro atoms. The van der Waals surface area contributed by atoms with E-state index in [0.717, 1.165) is 16.7 Å². The van der Waals surface area contributed by atoms with Crippen LogP contribution >= 0.6 is 0 Å². The average molecular weight is 341 g/mol. The van der Waals surface area contributed by atoms with Crippen LogP contribution in [0.25, 0.3) is 0 Å². The van der Waals surface area contributed by atoms with E-state index in [-0.39, 0.29) is 0 Å². The van der Waals surface area contributed by atoms with Gasteiger partial charge in [0.15, 0.2) is 12.7 Å². The van der Waals surface area contributed by atoms with Gasteiger partial charge in [-0.3, -0.25) is 4.79 Å². The zero-order valence-corrected chi connectivity index (χ0v) is 14.7. The summed E-state index contributed by atoms with van der Waals surface area (Å²) in [6.07, 6.45) is -1.32. The number of carbonyl (C=O) groups is 2. The topological polar surface area (TPSA) is 75.6 Å². The molecule has 2 rings (SSSR count). The van der Waals surface area contributed by atoms with Gasteiger partial charge in [-0.15, -0.1) is 0 Å². The van der Waals surface area contributed by atoms with Crippen molar-refractivity contribution in [3.8, 4) is 0 Å². The maximum atomic E-state index is 12.0. The number of amides is 1.